The van der Waals surface area contributed by atoms with Gasteiger partial charge in [-0.3, -0.25) is 14.5 Å². The van der Waals surface area contributed by atoms with Gasteiger partial charge < -0.3 is 10.6 Å². The zero-order valence-corrected chi connectivity index (χ0v) is 17.5. The number of carbonyl (C=O) groups excluding carboxylic acids is 3. The molecule has 152 valence electrons. The molecule has 1 atom stereocenters. The molecule has 0 radical (unpaired) electrons. The van der Waals surface area contributed by atoms with Gasteiger partial charge in [-0.2, -0.15) is 11.3 Å². The van der Waals surface area contributed by atoms with E-state index in [0.29, 0.717) is 11.3 Å². The Morgan fingerprint density at radius 2 is 1.87 bits per heavy atom. The smallest absolute Gasteiger partial charge is 0.325 e. The monoisotopic (exact) mass is 419 g/mol. The molecule has 2 aromatic carbocycles. The van der Waals surface area contributed by atoms with Crippen molar-refractivity contribution in [1.29, 1.82) is 0 Å². The van der Waals surface area contributed by atoms with Crippen LogP contribution in [0.5, 0.6) is 0 Å². The lowest BCUT2D eigenvalue weighted by Crippen LogP contribution is -2.42. The first-order valence-corrected chi connectivity index (χ1v) is 10.4. The van der Waals surface area contributed by atoms with Crippen molar-refractivity contribution in [2.24, 2.45) is 0 Å². The Balaban J connectivity index is 1.47. The molecule has 7 heteroatoms. The molecule has 1 aliphatic heterocycles. The number of anilines is 1. The highest BCUT2D eigenvalue weighted by atomic mass is 32.1. The van der Waals surface area contributed by atoms with Crippen LogP contribution in [0, 0.1) is 6.92 Å². The van der Waals surface area contributed by atoms with Gasteiger partial charge in [-0.05, 0) is 59.5 Å². The number of amides is 4. The summed E-state index contributed by atoms with van der Waals surface area (Å²) in [7, 11) is 0. The molecule has 1 unspecified atom stereocenters. The van der Waals surface area contributed by atoms with Crippen molar-refractivity contribution in [2.75, 3.05) is 11.9 Å². The lowest BCUT2D eigenvalue weighted by atomic mass is 9.91. The van der Waals surface area contributed by atoms with Gasteiger partial charge in [0.05, 0.1) is 0 Å². The maximum absolute atomic E-state index is 13.0. The molecule has 0 spiro atoms. The van der Waals surface area contributed by atoms with E-state index in [1.807, 2.05) is 66.2 Å². The molecule has 4 amide bonds. The number of carbonyl (C=O) groups is 3. The van der Waals surface area contributed by atoms with E-state index in [4.69, 9.17) is 0 Å². The molecule has 2 N–H and O–H groups in total. The predicted molar refractivity (Wildman–Crippen MR) is 117 cm³/mol. The van der Waals surface area contributed by atoms with Gasteiger partial charge in [0.2, 0.25) is 5.91 Å². The van der Waals surface area contributed by atoms with Crippen LogP contribution in [0.15, 0.2) is 65.4 Å². The minimum Gasteiger partial charge on any atom is -0.325 e. The maximum atomic E-state index is 13.0. The molecule has 2 heterocycles. The van der Waals surface area contributed by atoms with Gasteiger partial charge in [-0.25, -0.2) is 4.79 Å². The zero-order valence-electron chi connectivity index (χ0n) is 16.6. The fourth-order valence-corrected chi connectivity index (χ4v) is 4.14. The van der Waals surface area contributed by atoms with Crippen molar-refractivity contribution < 1.29 is 14.4 Å². The highest BCUT2D eigenvalue weighted by molar-refractivity contribution is 7.08. The number of nitrogens with zero attached hydrogens (tertiary/aromatic N) is 1. The number of rotatable bonds is 5. The van der Waals surface area contributed by atoms with Crippen molar-refractivity contribution in [3.05, 3.63) is 76.5 Å². The van der Waals surface area contributed by atoms with E-state index in [2.05, 4.69) is 10.6 Å². The third-order valence-electron chi connectivity index (χ3n) is 5.21. The molecule has 3 aromatic rings. The number of benzene rings is 2. The van der Waals surface area contributed by atoms with Crippen molar-refractivity contribution in [1.82, 2.24) is 10.2 Å². The van der Waals surface area contributed by atoms with Crippen molar-refractivity contribution in [3.8, 4) is 11.1 Å². The first kappa shape index (κ1) is 19.8. The summed E-state index contributed by atoms with van der Waals surface area (Å²) in [5, 5.41) is 9.52. The number of urea groups is 1. The fraction of sp³-hybridized carbons (Fsp3) is 0.174. The molecule has 1 aliphatic rings. The Kier molecular flexibility index (Phi) is 5.13. The molecule has 0 saturated carbocycles. The second kappa shape index (κ2) is 7.76. The second-order valence-corrected chi connectivity index (χ2v) is 8.23. The number of hydrogen-bond acceptors (Lipinski definition) is 4. The van der Waals surface area contributed by atoms with E-state index in [1.165, 1.54) is 0 Å². The molecular weight excluding hydrogens is 398 g/mol. The average Bonchev–Trinajstić information content (AvgIpc) is 3.33. The maximum Gasteiger partial charge on any atom is 0.325 e. The van der Waals surface area contributed by atoms with Gasteiger partial charge in [0.1, 0.15) is 12.1 Å². The number of nitrogens with one attached hydrogen (secondary N) is 2. The average molecular weight is 420 g/mol. The Morgan fingerprint density at radius 1 is 1.10 bits per heavy atom. The summed E-state index contributed by atoms with van der Waals surface area (Å²) in [5.41, 5.74) is 3.20. The van der Waals surface area contributed by atoms with Gasteiger partial charge in [0.25, 0.3) is 5.91 Å². The summed E-state index contributed by atoms with van der Waals surface area (Å²) in [6.45, 7) is 3.25. The normalized spacial score (nSPS) is 18.4. The highest BCUT2D eigenvalue weighted by Crippen LogP contribution is 2.29. The van der Waals surface area contributed by atoms with Crippen molar-refractivity contribution >= 4 is 34.9 Å². The van der Waals surface area contributed by atoms with Crippen LogP contribution in [-0.2, 0) is 15.1 Å². The Labute approximate surface area is 178 Å². The van der Waals surface area contributed by atoms with E-state index >= 15 is 0 Å². The van der Waals surface area contributed by atoms with Crippen molar-refractivity contribution in [3.63, 3.8) is 0 Å². The molecule has 30 heavy (non-hydrogen) atoms. The van der Waals surface area contributed by atoms with E-state index in [9.17, 15) is 14.4 Å². The molecule has 0 bridgehead atoms. The topological polar surface area (TPSA) is 78.5 Å². The van der Waals surface area contributed by atoms with Gasteiger partial charge in [-0.1, -0.05) is 42.0 Å². The van der Waals surface area contributed by atoms with Crippen molar-refractivity contribution in [2.45, 2.75) is 19.4 Å². The Bertz CT molecular complexity index is 1110. The van der Waals surface area contributed by atoms with Crippen LogP contribution in [0.25, 0.3) is 11.1 Å². The lowest BCUT2D eigenvalue weighted by Gasteiger charge is -2.22. The van der Waals surface area contributed by atoms with E-state index in [0.717, 1.165) is 21.6 Å². The highest BCUT2D eigenvalue weighted by Gasteiger charge is 2.49. The van der Waals surface area contributed by atoms with Gasteiger partial charge in [0, 0.05) is 5.69 Å². The standard InChI is InChI=1S/C23H21N3O3S/c1-15-6-8-18(9-7-15)23(2)21(28)26(22(29)25-23)13-20(27)24-19-5-3-4-16(12-19)17-10-11-30-14-17/h3-12,14H,13H2,1-2H3,(H,24,27)(H,25,29). The molecule has 0 aliphatic carbocycles. The van der Waals surface area contributed by atoms with Crippen LogP contribution in [0.3, 0.4) is 0 Å². The largest absolute Gasteiger partial charge is 0.325 e. The molecule has 4 rings (SSSR count). The zero-order chi connectivity index (χ0) is 21.3. The first-order chi connectivity index (χ1) is 14.4. The summed E-state index contributed by atoms with van der Waals surface area (Å²) >= 11 is 1.60. The minimum absolute atomic E-state index is 0.352. The van der Waals surface area contributed by atoms with Crippen LogP contribution >= 0.6 is 11.3 Å². The quantitative estimate of drug-likeness (QED) is 0.611. The van der Waals surface area contributed by atoms with Crippen LogP contribution in [0.2, 0.25) is 0 Å². The molecular formula is C23H21N3O3S. The first-order valence-electron chi connectivity index (χ1n) is 9.50. The number of thiophene rings is 1. The van der Waals surface area contributed by atoms with Gasteiger partial charge in [-0.15, -0.1) is 0 Å². The Hall–Kier alpha value is -3.45. The summed E-state index contributed by atoms with van der Waals surface area (Å²) in [6.07, 6.45) is 0. The summed E-state index contributed by atoms with van der Waals surface area (Å²) in [5.74, 6) is -0.882. The Morgan fingerprint density at radius 3 is 2.57 bits per heavy atom. The van der Waals surface area contributed by atoms with Crippen LogP contribution in [0.1, 0.15) is 18.1 Å². The summed E-state index contributed by atoms with van der Waals surface area (Å²) < 4.78 is 0. The lowest BCUT2D eigenvalue weighted by molar-refractivity contribution is -0.133. The second-order valence-electron chi connectivity index (χ2n) is 7.45. The van der Waals surface area contributed by atoms with E-state index in [1.54, 1.807) is 24.3 Å². The van der Waals surface area contributed by atoms with Gasteiger partial charge >= 0.3 is 6.03 Å². The number of imide groups is 1. The minimum atomic E-state index is -1.19. The number of hydrogen-bond donors (Lipinski definition) is 2. The molecule has 1 fully saturated rings. The molecule has 1 aromatic heterocycles. The third-order valence-corrected chi connectivity index (χ3v) is 5.89. The van der Waals surface area contributed by atoms with Crippen LogP contribution < -0.4 is 10.6 Å². The summed E-state index contributed by atoms with van der Waals surface area (Å²) in [6, 6.07) is 16.3. The SMILES string of the molecule is Cc1ccc(C2(C)NC(=O)N(CC(=O)Nc3cccc(-c4ccsc4)c3)C2=O)cc1. The van der Waals surface area contributed by atoms with Gasteiger partial charge in [0.15, 0.2) is 0 Å². The molecule has 6 nitrogen and oxygen atoms in total. The number of aryl methyl sites for hydroxylation is 1. The fourth-order valence-electron chi connectivity index (χ4n) is 3.47. The summed E-state index contributed by atoms with van der Waals surface area (Å²) in [4.78, 5) is 39.0. The third kappa shape index (κ3) is 3.71. The van der Waals surface area contributed by atoms with E-state index in [-0.39, 0.29) is 6.54 Å². The molecule has 1 saturated heterocycles. The predicted octanol–water partition coefficient (Wildman–Crippen LogP) is 4.13. The van der Waals surface area contributed by atoms with Crippen LogP contribution in [0.4, 0.5) is 10.5 Å². The van der Waals surface area contributed by atoms with E-state index < -0.39 is 23.4 Å². The van der Waals surface area contributed by atoms with Crippen LogP contribution in [-0.4, -0.2) is 29.3 Å².